The summed E-state index contributed by atoms with van der Waals surface area (Å²) in [5.74, 6) is 0.00283. The number of nitrogens with zero attached hydrogens (tertiary/aromatic N) is 1. The molecule has 2 heterocycles. The van der Waals surface area contributed by atoms with Gasteiger partial charge >= 0.3 is 0 Å². The molecule has 5 nitrogen and oxygen atoms in total. The molecule has 0 aliphatic carbocycles. The minimum Gasteiger partial charge on any atom is -0.459 e. The van der Waals surface area contributed by atoms with Crippen molar-refractivity contribution in [3.63, 3.8) is 0 Å². The van der Waals surface area contributed by atoms with E-state index in [1.165, 1.54) is 6.26 Å². The van der Waals surface area contributed by atoms with Gasteiger partial charge in [-0.1, -0.05) is 0 Å². The van der Waals surface area contributed by atoms with E-state index in [1.807, 2.05) is 13.8 Å². The lowest BCUT2D eigenvalue weighted by molar-refractivity contribution is -0.125. The highest BCUT2D eigenvalue weighted by Gasteiger charge is 2.35. The van der Waals surface area contributed by atoms with Crippen LogP contribution < -0.4 is 5.32 Å². The molecule has 2 amide bonds. The van der Waals surface area contributed by atoms with Gasteiger partial charge in [0.05, 0.1) is 6.26 Å². The van der Waals surface area contributed by atoms with Crippen LogP contribution in [0, 0.1) is 0 Å². The van der Waals surface area contributed by atoms with Crippen molar-refractivity contribution in [3.8, 4) is 0 Å². The van der Waals surface area contributed by atoms with Crippen molar-refractivity contribution in [1.29, 1.82) is 0 Å². The SMILES string of the molecule is CC(C)NC(=O)C1CCCN1C(=O)c1ccco1. The van der Waals surface area contributed by atoms with Crippen LogP contribution in [0.2, 0.25) is 0 Å². The molecule has 0 radical (unpaired) electrons. The fraction of sp³-hybridized carbons (Fsp3) is 0.538. The molecule has 0 saturated carbocycles. The van der Waals surface area contributed by atoms with E-state index in [0.717, 1.165) is 6.42 Å². The average Bonchev–Trinajstić information content (AvgIpc) is 2.98. The minimum atomic E-state index is -0.370. The monoisotopic (exact) mass is 250 g/mol. The number of carbonyl (C=O) groups excluding carboxylic acids is 2. The summed E-state index contributed by atoms with van der Waals surface area (Å²) >= 11 is 0. The highest BCUT2D eigenvalue weighted by Crippen LogP contribution is 2.20. The number of hydrogen-bond donors (Lipinski definition) is 1. The summed E-state index contributed by atoms with van der Waals surface area (Å²) < 4.78 is 5.09. The van der Waals surface area contributed by atoms with E-state index < -0.39 is 0 Å². The molecule has 0 spiro atoms. The Kier molecular flexibility index (Phi) is 3.69. The maximum atomic E-state index is 12.2. The molecule has 1 aromatic rings. The molecule has 1 fully saturated rings. The summed E-state index contributed by atoms with van der Waals surface area (Å²) in [5.41, 5.74) is 0. The van der Waals surface area contributed by atoms with Crippen LogP contribution in [0.4, 0.5) is 0 Å². The van der Waals surface area contributed by atoms with Crippen molar-refractivity contribution in [2.45, 2.75) is 38.8 Å². The van der Waals surface area contributed by atoms with Crippen LogP contribution >= 0.6 is 0 Å². The van der Waals surface area contributed by atoms with Crippen molar-refractivity contribution in [1.82, 2.24) is 10.2 Å². The van der Waals surface area contributed by atoms with Crippen LogP contribution in [0.3, 0.4) is 0 Å². The normalized spacial score (nSPS) is 19.3. The van der Waals surface area contributed by atoms with Crippen molar-refractivity contribution in [3.05, 3.63) is 24.2 Å². The molecular weight excluding hydrogens is 232 g/mol. The number of rotatable bonds is 3. The predicted molar refractivity (Wildman–Crippen MR) is 66.0 cm³/mol. The van der Waals surface area contributed by atoms with Crippen LogP contribution in [0.1, 0.15) is 37.2 Å². The van der Waals surface area contributed by atoms with Gasteiger partial charge in [0.15, 0.2) is 5.76 Å². The quantitative estimate of drug-likeness (QED) is 0.882. The molecule has 0 bridgehead atoms. The lowest BCUT2D eigenvalue weighted by Gasteiger charge is -2.23. The van der Waals surface area contributed by atoms with Gasteiger partial charge < -0.3 is 14.6 Å². The van der Waals surface area contributed by atoms with Gasteiger partial charge in [0.1, 0.15) is 6.04 Å². The van der Waals surface area contributed by atoms with E-state index in [4.69, 9.17) is 4.42 Å². The maximum Gasteiger partial charge on any atom is 0.290 e. The molecule has 2 rings (SSSR count). The number of carbonyl (C=O) groups is 2. The third kappa shape index (κ3) is 2.55. The molecular formula is C13H18N2O3. The van der Waals surface area contributed by atoms with Gasteiger partial charge in [0, 0.05) is 12.6 Å². The van der Waals surface area contributed by atoms with E-state index in [1.54, 1.807) is 17.0 Å². The first-order valence-corrected chi connectivity index (χ1v) is 6.24. The molecule has 1 aromatic heterocycles. The van der Waals surface area contributed by atoms with Crippen LogP contribution in [0.15, 0.2) is 22.8 Å². The van der Waals surface area contributed by atoms with Crippen LogP contribution in [0.25, 0.3) is 0 Å². The second-order valence-electron chi connectivity index (χ2n) is 4.80. The first-order chi connectivity index (χ1) is 8.59. The van der Waals surface area contributed by atoms with Crippen molar-refractivity contribution >= 4 is 11.8 Å². The first kappa shape index (κ1) is 12.7. The fourth-order valence-corrected chi connectivity index (χ4v) is 2.20. The molecule has 0 aromatic carbocycles. The summed E-state index contributed by atoms with van der Waals surface area (Å²) in [4.78, 5) is 25.8. The van der Waals surface area contributed by atoms with Gasteiger partial charge in [-0.2, -0.15) is 0 Å². The molecule has 1 saturated heterocycles. The third-order valence-electron chi connectivity index (χ3n) is 2.98. The van der Waals surface area contributed by atoms with E-state index in [-0.39, 0.29) is 23.9 Å². The molecule has 18 heavy (non-hydrogen) atoms. The number of hydrogen-bond acceptors (Lipinski definition) is 3. The topological polar surface area (TPSA) is 62.6 Å². The first-order valence-electron chi connectivity index (χ1n) is 6.24. The number of furan rings is 1. The number of likely N-dealkylation sites (tertiary alicyclic amines) is 1. The Morgan fingerprint density at radius 3 is 2.89 bits per heavy atom. The Morgan fingerprint density at radius 1 is 1.50 bits per heavy atom. The van der Waals surface area contributed by atoms with Gasteiger partial charge in [-0.3, -0.25) is 9.59 Å². The smallest absolute Gasteiger partial charge is 0.290 e. The van der Waals surface area contributed by atoms with Gasteiger partial charge in [-0.05, 0) is 38.8 Å². The molecule has 1 atom stereocenters. The molecule has 1 aliphatic heterocycles. The van der Waals surface area contributed by atoms with Gasteiger partial charge in [0.25, 0.3) is 5.91 Å². The van der Waals surface area contributed by atoms with Gasteiger partial charge in [-0.25, -0.2) is 0 Å². The third-order valence-corrected chi connectivity index (χ3v) is 2.98. The summed E-state index contributed by atoms with van der Waals surface area (Å²) in [6.07, 6.45) is 3.03. The van der Waals surface area contributed by atoms with Crippen molar-refractivity contribution in [2.24, 2.45) is 0 Å². The maximum absolute atomic E-state index is 12.2. The Bertz CT molecular complexity index is 425. The van der Waals surface area contributed by atoms with Gasteiger partial charge in [0.2, 0.25) is 5.91 Å². The molecule has 1 N–H and O–H groups in total. The highest BCUT2D eigenvalue weighted by atomic mass is 16.3. The standard InChI is InChI=1S/C13H18N2O3/c1-9(2)14-12(16)10-5-3-7-15(10)13(17)11-6-4-8-18-11/h4,6,8-10H,3,5,7H2,1-2H3,(H,14,16). The zero-order chi connectivity index (χ0) is 13.1. The Balaban J connectivity index is 2.08. The summed E-state index contributed by atoms with van der Waals surface area (Å²) in [6.45, 7) is 4.42. The van der Waals surface area contributed by atoms with Crippen molar-refractivity contribution < 1.29 is 14.0 Å². The summed E-state index contributed by atoms with van der Waals surface area (Å²) in [7, 11) is 0. The molecule has 98 valence electrons. The van der Waals surface area contributed by atoms with E-state index in [0.29, 0.717) is 18.7 Å². The zero-order valence-corrected chi connectivity index (χ0v) is 10.7. The summed E-state index contributed by atoms with van der Waals surface area (Å²) in [5, 5.41) is 2.85. The Morgan fingerprint density at radius 2 is 2.28 bits per heavy atom. The predicted octanol–water partition coefficient (Wildman–Crippen LogP) is 1.41. The molecule has 5 heteroatoms. The number of nitrogens with one attached hydrogen (secondary N) is 1. The Labute approximate surface area is 106 Å². The van der Waals surface area contributed by atoms with Crippen LogP contribution in [-0.2, 0) is 4.79 Å². The van der Waals surface area contributed by atoms with Crippen LogP contribution in [-0.4, -0.2) is 35.3 Å². The fourth-order valence-electron chi connectivity index (χ4n) is 2.20. The lowest BCUT2D eigenvalue weighted by atomic mass is 10.2. The van der Waals surface area contributed by atoms with Gasteiger partial charge in [-0.15, -0.1) is 0 Å². The molecule has 1 aliphatic rings. The lowest BCUT2D eigenvalue weighted by Crippen LogP contribution is -2.47. The largest absolute Gasteiger partial charge is 0.459 e. The van der Waals surface area contributed by atoms with E-state index in [2.05, 4.69) is 5.32 Å². The van der Waals surface area contributed by atoms with Crippen LogP contribution in [0.5, 0.6) is 0 Å². The second-order valence-corrected chi connectivity index (χ2v) is 4.80. The average molecular weight is 250 g/mol. The summed E-state index contributed by atoms with van der Waals surface area (Å²) in [6, 6.07) is 3.01. The number of amides is 2. The second kappa shape index (κ2) is 5.25. The minimum absolute atomic E-state index is 0.0811. The van der Waals surface area contributed by atoms with E-state index >= 15 is 0 Å². The van der Waals surface area contributed by atoms with Crippen molar-refractivity contribution in [2.75, 3.05) is 6.54 Å². The van der Waals surface area contributed by atoms with E-state index in [9.17, 15) is 9.59 Å². The molecule has 1 unspecified atom stereocenters. The zero-order valence-electron chi connectivity index (χ0n) is 10.7. The Hall–Kier alpha value is -1.78. The highest BCUT2D eigenvalue weighted by molar-refractivity contribution is 5.96.